The molecular weight excluding hydrogens is 336 g/mol. The van der Waals surface area contributed by atoms with Crippen LogP contribution in [0.25, 0.3) is 0 Å². The topological polar surface area (TPSA) is 15.3 Å². The number of halogens is 2. The second-order valence-electron chi connectivity index (χ2n) is 4.77. The summed E-state index contributed by atoms with van der Waals surface area (Å²) in [5.41, 5.74) is 2.30. The molecule has 0 aliphatic heterocycles. The van der Waals surface area contributed by atoms with Crippen molar-refractivity contribution in [1.82, 2.24) is 4.90 Å². The Morgan fingerprint density at radius 2 is 1.95 bits per heavy atom. The van der Waals surface area contributed by atoms with Crippen molar-refractivity contribution in [1.29, 1.82) is 0 Å². The Balaban J connectivity index is 1.78. The summed E-state index contributed by atoms with van der Waals surface area (Å²) in [5.74, 6) is 0. The number of nitrogens with zero attached hydrogens (tertiary/aromatic N) is 1. The Morgan fingerprint density at radius 3 is 2.70 bits per heavy atom. The van der Waals surface area contributed by atoms with Gasteiger partial charge in [0.1, 0.15) is 0 Å². The van der Waals surface area contributed by atoms with E-state index in [0.717, 1.165) is 34.8 Å². The predicted octanol–water partition coefficient (Wildman–Crippen LogP) is 4.65. The third kappa shape index (κ3) is 4.82. The van der Waals surface area contributed by atoms with Gasteiger partial charge in [0.05, 0.1) is 0 Å². The van der Waals surface area contributed by atoms with Crippen LogP contribution in [0.3, 0.4) is 0 Å². The lowest BCUT2D eigenvalue weighted by Gasteiger charge is -2.18. The lowest BCUT2D eigenvalue weighted by atomic mass is 10.2. The van der Waals surface area contributed by atoms with Gasteiger partial charge in [-0.05, 0) is 36.9 Å². The molecule has 0 amide bonds. The van der Waals surface area contributed by atoms with Gasteiger partial charge in [0.2, 0.25) is 0 Å². The molecule has 0 saturated carbocycles. The van der Waals surface area contributed by atoms with E-state index in [9.17, 15) is 0 Å². The number of benzene rings is 2. The first-order valence-electron chi connectivity index (χ1n) is 6.56. The van der Waals surface area contributed by atoms with E-state index in [-0.39, 0.29) is 0 Å². The van der Waals surface area contributed by atoms with Crippen LogP contribution < -0.4 is 5.32 Å². The van der Waals surface area contributed by atoms with Crippen LogP contribution in [0.2, 0.25) is 5.02 Å². The van der Waals surface area contributed by atoms with E-state index in [1.807, 2.05) is 30.3 Å². The minimum atomic E-state index is 0.833. The molecule has 0 unspecified atom stereocenters. The summed E-state index contributed by atoms with van der Waals surface area (Å²) in [6, 6.07) is 16.2. The van der Waals surface area contributed by atoms with Gasteiger partial charge in [-0.1, -0.05) is 51.8 Å². The Bertz CT molecular complexity index is 560. The fourth-order valence-electron chi connectivity index (χ4n) is 1.99. The lowest BCUT2D eigenvalue weighted by Crippen LogP contribution is -2.24. The lowest BCUT2D eigenvalue weighted by molar-refractivity contribution is 0.340. The van der Waals surface area contributed by atoms with Crippen LogP contribution in [0.15, 0.2) is 53.0 Å². The third-order valence-corrected chi connectivity index (χ3v) is 3.91. The summed E-state index contributed by atoms with van der Waals surface area (Å²) < 4.78 is 1.09. The van der Waals surface area contributed by atoms with E-state index in [2.05, 4.69) is 51.4 Å². The molecule has 2 nitrogen and oxygen atoms in total. The summed E-state index contributed by atoms with van der Waals surface area (Å²) in [7, 11) is 2.10. The maximum Gasteiger partial charge on any atom is 0.0451 e. The first-order chi connectivity index (χ1) is 9.65. The summed E-state index contributed by atoms with van der Waals surface area (Å²) >= 11 is 9.64. The van der Waals surface area contributed by atoms with Crippen molar-refractivity contribution in [2.24, 2.45) is 0 Å². The quantitative estimate of drug-likeness (QED) is 0.813. The zero-order chi connectivity index (χ0) is 14.4. The molecule has 0 fully saturated rings. The second kappa shape index (κ2) is 7.67. The Labute approximate surface area is 133 Å². The normalized spacial score (nSPS) is 10.8. The van der Waals surface area contributed by atoms with Crippen molar-refractivity contribution < 1.29 is 0 Å². The van der Waals surface area contributed by atoms with Crippen molar-refractivity contribution in [3.63, 3.8) is 0 Å². The van der Waals surface area contributed by atoms with E-state index < -0.39 is 0 Å². The molecule has 20 heavy (non-hydrogen) atoms. The number of anilines is 1. The summed E-state index contributed by atoms with van der Waals surface area (Å²) in [4.78, 5) is 2.26. The highest BCUT2D eigenvalue weighted by molar-refractivity contribution is 9.10. The predicted molar refractivity (Wildman–Crippen MR) is 90.4 cm³/mol. The number of hydrogen-bond acceptors (Lipinski definition) is 2. The smallest absolute Gasteiger partial charge is 0.0451 e. The van der Waals surface area contributed by atoms with Gasteiger partial charge in [-0.3, -0.25) is 0 Å². The van der Waals surface area contributed by atoms with E-state index in [0.29, 0.717) is 0 Å². The fraction of sp³-hybridized carbons (Fsp3) is 0.250. The van der Waals surface area contributed by atoms with E-state index in [1.54, 1.807) is 0 Å². The largest absolute Gasteiger partial charge is 0.384 e. The van der Waals surface area contributed by atoms with Gasteiger partial charge >= 0.3 is 0 Å². The van der Waals surface area contributed by atoms with Gasteiger partial charge in [0.15, 0.2) is 0 Å². The molecule has 2 aromatic rings. The number of rotatable bonds is 6. The molecule has 0 spiro atoms. The van der Waals surface area contributed by atoms with Crippen molar-refractivity contribution in [2.75, 3.05) is 25.5 Å². The zero-order valence-corrected chi connectivity index (χ0v) is 13.8. The maximum absolute atomic E-state index is 6.17. The van der Waals surface area contributed by atoms with Crippen LogP contribution in [0, 0.1) is 0 Å². The molecule has 0 aromatic heterocycles. The summed E-state index contributed by atoms with van der Waals surface area (Å²) in [6.07, 6.45) is 0. The first kappa shape index (κ1) is 15.4. The van der Waals surface area contributed by atoms with Crippen LogP contribution in [0.1, 0.15) is 5.56 Å². The number of likely N-dealkylation sites (N-methyl/N-ethyl adjacent to an activating group) is 1. The highest BCUT2D eigenvalue weighted by atomic mass is 79.9. The number of nitrogens with one attached hydrogen (secondary N) is 1. The van der Waals surface area contributed by atoms with Gasteiger partial charge in [-0.25, -0.2) is 0 Å². The maximum atomic E-state index is 6.17. The summed E-state index contributed by atoms with van der Waals surface area (Å²) in [5, 5.41) is 4.24. The molecule has 2 rings (SSSR count). The van der Waals surface area contributed by atoms with Gasteiger partial charge in [0, 0.05) is 34.8 Å². The molecule has 0 aliphatic carbocycles. The standard InChI is InChI=1S/C16H18BrClN2/c1-20(12-13-5-2-3-8-16(13)18)10-9-19-15-7-4-6-14(17)11-15/h2-8,11,19H,9-10,12H2,1H3. The van der Waals surface area contributed by atoms with Crippen molar-refractivity contribution in [3.8, 4) is 0 Å². The SMILES string of the molecule is CN(CCNc1cccc(Br)c1)Cc1ccccc1Cl. The highest BCUT2D eigenvalue weighted by Gasteiger charge is 2.03. The van der Waals surface area contributed by atoms with Crippen molar-refractivity contribution >= 4 is 33.2 Å². The molecule has 0 saturated heterocycles. The van der Waals surface area contributed by atoms with E-state index >= 15 is 0 Å². The van der Waals surface area contributed by atoms with Gasteiger partial charge in [-0.2, -0.15) is 0 Å². The fourth-order valence-corrected chi connectivity index (χ4v) is 2.58. The Morgan fingerprint density at radius 1 is 1.15 bits per heavy atom. The molecule has 106 valence electrons. The minimum Gasteiger partial charge on any atom is -0.384 e. The molecular formula is C16H18BrClN2. The third-order valence-electron chi connectivity index (χ3n) is 3.05. The monoisotopic (exact) mass is 352 g/mol. The van der Waals surface area contributed by atoms with E-state index in [1.165, 1.54) is 5.56 Å². The average Bonchev–Trinajstić information content (AvgIpc) is 2.41. The van der Waals surface area contributed by atoms with E-state index in [4.69, 9.17) is 11.6 Å². The van der Waals surface area contributed by atoms with Crippen LogP contribution in [-0.4, -0.2) is 25.0 Å². The molecule has 4 heteroatoms. The molecule has 0 bridgehead atoms. The van der Waals surface area contributed by atoms with Crippen molar-refractivity contribution in [3.05, 3.63) is 63.6 Å². The van der Waals surface area contributed by atoms with Gasteiger partial charge in [-0.15, -0.1) is 0 Å². The Hall–Kier alpha value is -1.03. The van der Waals surface area contributed by atoms with Crippen LogP contribution in [0.4, 0.5) is 5.69 Å². The summed E-state index contributed by atoms with van der Waals surface area (Å²) in [6.45, 7) is 2.72. The van der Waals surface area contributed by atoms with Gasteiger partial charge < -0.3 is 10.2 Å². The molecule has 0 atom stereocenters. The zero-order valence-electron chi connectivity index (χ0n) is 11.4. The number of hydrogen-bond donors (Lipinski definition) is 1. The minimum absolute atomic E-state index is 0.833. The van der Waals surface area contributed by atoms with Crippen LogP contribution in [0.5, 0.6) is 0 Å². The Kier molecular flexibility index (Phi) is 5.89. The van der Waals surface area contributed by atoms with Crippen molar-refractivity contribution in [2.45, 2.75) is 6.54 Å². The van der Waals surface area contributed by atoms with Crippen LogP contribution >= 0.6 is 27.5 Å². The average molecular weight is 354 g/mol. The molecule has 1 N–H and O–H groups in total. The van der Waals surface area contributed by atoms with Gasteiger partial charge in [0.25, 0.3) is 0 Å². The molecule has 2 aromatic carbocycles. The molecule has 0 heterocycles. The second-order valence-corrected chi connectivity index (χ2v) is 6.09. The molecule has 0 aliphatic rings. The highest BCUT2D eigenvalue weighted by Crippen LogP contribution is 2.17. The first-order valence-corrected chi connectivity index (χ1v) is 7.73. The molecule has 0 radical (unpaired) electrons. The van der Waals surface area contributed by atoms with Crippen LogP contribution in [-0.2, 0) is 6.54 Å².